The summed E-state index contributed by atoms with van der Waals surface area (Å²) in [4.78, 5) is 0. The second-order valence-electron chi connectivity index (χ2n) is 6.05. The maximum absolute atomic E-state index is 11.9. The molecule has 0 aromatic rings. The highest BCUT2D eigenvalue weighted by Gasteiger charge is 2.26. The average Bonchev–Trinajstić information content (AvgIpc) is 2.04. The molecule has 1 aliphatic carbocycles. The van der Waals surface area contributed by atoms with Crippen LogP contribution in [0.5, 0.6) is 0 Å². The highest BCUT2D eigenvalue weighted by molar-refractivity contribution is 7.89. The topological polar surface area (TPSA) is 72.2 Å². The lowest BCUT2D eigenvalue weighted by Crippen LogP contribution is -2.43. The minimum absolute atomic E-state index is 0.0900. The maximum atomic E-state index is 11.9. The van der Waals surface area contributed by atoms with E-state index in [4.69, 9.17) is 5.73 Å². The summed E-state index contributed by atoms with van der Waals surface area (Å²) in [6.45, 7) is 5.80. The molecule has 0 atom stereocenters. The van der Waals surface area contributed by atoms with E-state index in [9.17, 15) is 8.42 Å². The molecule has 0 heterocycles. The van der Waals surface area contributed by atoms with Crippen molar-refractivity contribution in [2.75, 3.05) is 5.75 Å². The molecule has 96 valence electrons. The largest absolute Gasteiger partial charge is 0.328 e. The van der Waals surface area contributed by atoms with Crippen LogP contribution in [0.4, 0.5) is 0 Å². The van der Waals surface area contributed by atoms with Crippen LogP contribution in [0.3, 0.4) is 0 Å². The number of nitrogens with two attached hydrogens (primary N) is 1. The molecule has 0 aromatic carbocycles. The Kier molecular flexibility index (Phi) is 4.37. The number of rotatable bonds is 3. The third-order valence-corrected chi connectivity index (χ3v) is 4.68. The normalized spacial score (nSPS) is 28.0. The van der Waals surface area contributed by atoms with E-state index in [1.807, 2.05) is 20.8 Å². The van der Waals surface area contributed by atoms with Crippen molar-refractivity contribution in [3.63, 3.8) is 0 Å². The molecule has 16 heavy (non-hydrogen) atoms. The van der Waals surface area contributed by atoms with E-state index in [2.05, 4.69) is 4.72 Å². The van der Waals surface area contributed by atoms with Crippen LogP contribution in [0.25, 0.3) is 0 Å². The van der Waals surface area contributed by atoms with Crippen molar-refractivity contribution in [2.24, 2.45) is 11.1 Å². The van der Waals surface area contributed by atoms with Crippen molar-refractivity contribution in [2.45, 2.75) is 58.5 Å². The van der Waals surface area contributed by atoms with Crippen LogP contribution >= 0.6 is 0 Å². The minimum Gasteiger partial charge on any atom is -0.328 e. The van der Waals surface area contributed by atoms with Gasteiger partial charge in [0.15, 0.2) is 0 Å². The van der Waals surface area contributed by atoms with Gasteiger partial charge in [0, 0.05) is 12.1 Å². The fraction of sp³-hybridized carbons (Fsp3) is 1.00. The zero-order valence-corrected chi connectivity index (χ0v) is 11.3. The molecule has 1 saturated carbocycles. The lowest BCUT2D eigenvalue weighted by Gasteiger charge is -2.28. The van der Waals surface area contributed by atoms with Gasteiger partial charge >= 0.3 is 0 Å². The van der Waals surface area contributed by atoms with Gasteiger partial charge in [-0.15, -0.1) is 0 Å². The summed E-state index contributed by atoms with van der Waals surface area (Å²) >= 11 is 0. The maximum Gasteiger partial charge on any atom is 0.212 e. The Balaban J connectivity index is 2.47. The van der Waals surface area contributed by atoms with Gasteiger partial charge in [0.25, 0.3) is 0 Å². The summed E-state index contributed by atoms with van der Waals surface area (Å²) in [5, 5.41) is 0. The number of hydrogen-bond donors (Lipinski definition) is 2. The van der Waals surface area contributed by atoms with E-state index < -0.39 is 10.0 Å². The van der Waals surface area contributed by atoms with Crippen LogP contribution in [0, 0.1) is 5.41 Å². The Morgan fingerprint density at radius 2 is 1.69 bits per heavy atom. The molecule has 3 N–H and O–H groups in total. The van der Waals surface area contributed by atoms with Gasteiger partial charge in [-0.3, -0.25) is 0 Å². The number of nitrogens with one attached hydrogen (secondary N) is 1. The van der Waals surface area contributed by atoms with Gasteiger partial charge in [0.1, 0.15) is 0 Å². The number of hydrogen-bond acceptors (Lipinski definition) is 3. The van der Waals surface area contributed by atoms with Gasteiger partial charge in [-0.25, -0.2) is 13.1 Å². The molecule has 0 spiro atoms. The third-order valence-electron chi connectivity index (χ3n) is 2.74. The van der Waals surface area contributed by atoms with Crippen molar-refractivity contribution in [1.29, 1.82) is 0 Å². The van der Waals surface area contributed by atoms with Crippen LogP contribution in [-0.4, -0.2) is 26.3 Å². The SMILES string of the molecule is CC(C)(C)CS(=O)(=O)NC1CCC(N)CC1. The highest BCUT2D eigenvalue weighted by Crippen LogP contribution is 2.20. The van der Waals surface area contributed by atoms with E-state index in [0.29, 0.717) is 0 Å². The summed E-state index contributed by atoms with van der Waals surface area (Å²) < 4.78 is 26.5. The monoisotopic (exact) mass is 248 g/mol. The summed E-state index contributed by atoms with van der Waals surface area (Å²) in [6.07, 6.45) is 3.57. The highest BCUT2D eigenvalue weighted by atomic mass is 32.2. The molecule has 4 nitrogen and oxygen atoms in total. The summed E-state index contributed by atoms with van der Waals surface area (Å²) in [5.74, 6) is 0.183. The zero-order valence-electron chi connectivity index (χ0n) is 10.5. The van der Waals surface area contributed by atoms with Crippen molar-refractivity contribution < 1.29 is 8.42 Å². The average molecular weight is 248 g/mol. The first kappa shape index (κ1) is 13.9. The van der Waals surface area contributed by atoms with Crippen molar-refractivity contribution in [3.05, 3.63) is 0 Å². The van der Waals surface area contributed by atoms with Gasteiger partial charge in [-0.2, -0.15) is 0 Å². The zero-order chi connectivity index (χ0) is 12.4. The Labute approximate surface area is 99.0 Å². The fourth-order valence-electron chi connectivity index (χ4n) is 2.10. The smallest absolute Gasteiger partial charge is 0.212 e. The minimum atomic E-state index is -3.15. The van der Waals surface area contributed by atoms with Crippen LogP contribution in [-0.2, 0) is 10.0 Å². The van der Waals surface area contributed by atoms with Gasteiger partial charge in [0.2, 0.25) is 10.0 Å². The van der Waals surface area contributed by atoms with Crippen molar-refractivity contribution in [3.8, 4) is 0 Å². The van der Waals surface area contributed by atoms with Crippen LogP contribution in [0.15, 0.2) is 0 Å². The van der Waals surface area contributed by atoms with Crippen molar-refractivity contribution in [1.82, 2.24) is 4.72 Å². The van der Waals surface area contributed by atoms with Crippen LogP contribution < -0.4 is 10.5 Å². The van der Waals surface area contributed by atoms with Gasteiger partial charge < -0.3 is 5.73 Å². The predicted molar refractivity (Wildman–Crippen MR) is 66.6 cm³/mol. The number of sulfonamides is 1. The summed E-state index contributed by atoms with van der Waals surface area (Å²) in [6, 6.07) is 0.343. The van der Waals surface area contributed by atoms with Gasteiger partial charge in [-0.05, 0) is 31.1 Å². The molecule has 0 unspecified atom stereocenters. The molecular formula is C11H24N2O2S. The molecule has 5 heteroatoms. The summed E-state index contributed by atoms with van der Waals surface area (Å²) in [7, 11) is -3.15. The molecule has 0 amide bonds. The second kappa shape index (κ2) is 5.02. The molecule has 0 bridgehead atoms. The molecule has 0 radical (unpaired) electrons. The predicted octanol–water partition coefficient (Wildman–Crippen LogP) is 1.22. The lowest BCUT2D eigenvalue weighted by atomic mass is 9.93. The first-order valence-electron chi connectivity index (χ1n) is 5.93. The van der Waals surface area contributed by atoms with Gasteiger partial charge in [-0.1, -0.05) is 20.8 Å². The fourth-order valence-corrected chi connectivity index (χ4v) is 4.07. The molecule has 1 rings (SSSR count). The van der Waals surface area contributed by atoms with E-state index in [1.165, 1.54) is 0 Å². The molecule has 0 aromatic heterocycles. The standard InChI is InChI=1S/C11H24N2O2S/c1-11(2,3)8-16(14,15)13-10-6-4-9(12)5-7-10/h9-10,13H,4-8,12H2,1-3H3. The van der Waals surface area contributed by atoms with Crippen molar-refractivity contribution >= 4 is 10.0 Å². The van der Waals surface area contributed by atoms with Gasteiger partial charge in [0.05, 0.1) is 5.75 Å². The molecule has 0 aliphatic heterocycles. The summed E-state index contributed by atoms with van der Waals surface area (Å²) in [5.41, 5.74) is 5.59. The first-order chi connectivity index (χ1) is 7.18. The Bertz CT molecular complexity index is 311. The first-order valence-corrected chi connectivity index (χ1v) is 7.59. The third kappa shape index (κ3) is 5.27. The Morgan fingerprint density at radius 1 is 1.19 bits per heavy atom. The molecule has 1 aliphatic rings. The lowest BCUT2D eigenvalue weighted by molar-refractivity contribution is 0.370. The van der Waals surface area contributed by atoms with E-state index in [1.54, 1.807) is 0 Å². The van der Waals surface area contributed by atoms with E-state index in [-0.39, 0.29) is 23.3 Å². The quantitative estimate of drug-likeness (QED) is 0.789. The van der Waals surface area contributed by atoms with Crippen LogP contribution in [0.2, 0.25) is 0 Å². The Morgan fingerprint density at radius 3 is 2.12 bits per heavy atom. The second-order valence-corrected chi connectivity index (χ2v) is 7.80. The molecular weight excluding hydrogens is 224 g/mol. The van der Waals surface area contributed by atoms with E-state index in [0.717, 1.165) is 25.7 Å². The van der Waals surface area contributed by atoms with E-state index >= 15 is 0 Å². The van der Waals surface area contributed by atoms with Crippen LogP contribution in [0.1, 0.15) is 46.5 Å². The Hall–Kier alpha value is -0.130. The molecule has 0 saturated heterocycles. The molecule has 1 fully saturated rings.